The zero-order chi connectivity index (χ0) is 57.4. The van der Waals surface area contributed by atoms with Crippen molar-refractivity contribution in [3.63, 3.8) is 0 Å². The van der Waals surface area contributed by atoms with Gasteiger partial charge in [-0.1, -0.05) is 192 Å². The Morgan fingerprint density at radius 3 is 0.738 bits per heavy atom. The van der Waals surface area contributed by atoms with Gasteiger partial charge in [0.25, 0.3) is 0 Å². The molecule has 0 aliphatic heterocycles. The van der Waals surface area contributed by atoms with Gasteiger partial charge in [0.1, 0.15) is 40.8 Å². The summed E-state index contributed by atoms with van der Waals surface area (Å²) in [6, 6.07) is 50.1. The Morgan fingerprint density at radius 1 is 0.238 bits per heavy atom. The van der Waals surface area contributed by atoms with Crippen LogP contribution in [0.5, 0.6) is 34.5 Å². The van der Waals surface area contributed by atoms with E-state index in [0.29, 0.717) is 68.2 Å². The molecule has 4 fully saturated rings. The summed E-state index contributed by atoms with van der Waals surface area (Å²) in [5.41, 5.74) is 12.8. The first-order chi connectivity index (χ1) is 41.1. The van der Waals surface area contributed by atoms with Crippen LogP contribution in [0, 0.1) is 0 Å². The van der Waals surface area contributed by atoms with Crippen molar-refractivity contribution < 1.29 is 35.4 Å². The zero-order valence-corrected chi connectivity index (χ0v) is 48.4. The molecule has 13 rings (SSSR count). The van der Waals surface area contributed by atoms with E-state index in [2.05, 4.69) is 103 Å². The summed E-state index contributed by atoms with van der Waals surface area (Å²) < 4.78 is 0. The van der Waals surface area contributed by atoms with Crippen molar-refractivity contribution in [2.45, 2.75) is 176 Å². The van der Waals surface area contributed by atoms with Gasteiger partial charge in [0.2, 0.25) is 0 Å². The number of carbonyl (C=O) groups is 1. The zero-order valence-electron chi connectivity index (χ0n) is 48.4. The molecule has 4 saturated carbocycles. The maximum atomic E-state index is 13.8. The number of aldehydes is 1. The van der Waals surface area contributed by atoms with Crippen LogP contribution in [0.1, 0.15) is 275 Å². The van der Waals surface area contributed by atoms with Gasteiger partial charge >= 0.3 is 0 Å². The van der Waals surface area contributed by atoms with Crippen molar-refractivity contribution >= 4 is 6.29 Å². The highest BCUT2D eigenvalue weighted by atomic mass is 16.3. The Balaban J connectivity index is 1.09. The predicted octanol–water partition coefficient (Wildman–Crippen LogP) is 19.0. The van der Waals surface area contributed by atoms with Crippen LogP contribution in [0.2, 0.25) is 0 Å². The topological polar surface area (TPSA) is 138 Å². The third-order valence-corrected chi connectivity index (χ3v) is 20.7. The molecule has 4 atom stereocenters. The smallest absolute Gasteiger partial charge is 0.150 e. The lowest BCUT2D eigenvalue weighted by molar-refractivity contribution is 0.112. The van der Waals surface area contributed by atoms with Gasteiger partial charge in [0.15, 0.2) is 0 Å². The number of rotatable bonds is 9. The molecule has 84 heavy (non-hydrogen) atoms. The lowest BCUT2D eigenvalue weighted by atomic mass is 9.74. The molecular formula is C77H80O7. The summed E-state index contributed by atoms with van der Waals surface area (Å²) in [5.74, 6) is -2.34. The number of phenols is 6. The molecule has 0 amide bonds. The highest BCUT2D eigenvalue weighted by Gasteiger charge is 2.35. The summed E-state index contributed by atoms with van der Waals surface area (Å²) in [6.45, 7) is 0. The number of benzene rings is 8. The second-order valence-electron chi connectivity index (χ2n) is 25.7. The van der Waals surface area contributed by atoms with E-state index in [1.54, 1.807) is 0 Å². The van der Waals surface area contributed by atoms with E-state index < -0.39 is 23.7 Å². The van der Waals surface area contributed by atoms with E-state index in [-0.39, 0.29) is 34.5 Å². The Hall–Kier alpha value is -7.77. The van der Waals surface area contributed by atoms with Crippen LogP contribution in [-0.4, -0.2) is 36.9 Å². The van der Waals surface area contributed by atoms with Crippen LogP contribution in [0.3, 0.4) is 0 Å². The summed E-state index contributed by atoms with van der Waals surface area (Å²) in [6.07, 6.45) is 24.3. The average Bonchev–Trinajstić information content (AvgIpc) is 3.17. The molecular weight excluding hydrogens is 1040 g/mol. The van der Waals surface area contributed by atoms with Gasteiger partial charge in [0.05, 0.1) is 0 Å². The highest BCUT2D eigenvalue weighted by Crippen LogP contribution is 2.53. The molecule has 0 aromatic heterocycles. The van der Waals surface area contributed by atoms with Crippen molar-refractivity contribution in [3.05, 3.63) is 246 Å². The molecule has 430 valence electrons. The van der Waals surface area contributed by atoms with Crippen molar-refractivity contribution in [1.29, 1.82) is 0 Å². The van der Waals surface area contributed by atoms with Crippen LogP contribution in [0.25, 0.3) is 0 Å². The van der Waals surface area contributed by atoms with Crippen LogP contribution in [0.4, 0.5) is 0 Å². The molecule has 4 unspecified atom stereocenters. The van der Waals surface area contributed by atoms with E-state index >= 15 is 0 Å². The fraction of sp³-hybridized carbons (Fsp3) is 0.364. The molecule has 0 radical (unpaired) electrons. The van der Waals surface area contributed by atoms with E-state index in [9.17, 15) is 35.4 Å². The Morgan fingerprint density at radius 2 is 0.464 bits per heavy atom. The lowest BCUT2D eigenvalue weighted by Gasteiger charge is -2.30. The number of carbonyl (C=O) groups excluding carboxylic acids is 1. The molecule has 0 saturated heterocycles. The first-order valence-electron chi connectivity index (χ1n) is 31.7. The van der Waals surface area contributed by atoms with Gasteiger partial charge in [-0.05, 0) is 149 Å². The molecule has 6 N–H and O–H groups in total. The van der Waals surface area contributed by atoms with Gasteiger partial charge in [-0.25, -0.2) is 0 Å². The van der Waals surface area contributed by atoms with Gasteiger partial charge in [-0.2, -0.15) is 0 Å². The van der Waals surface area contributed by atoms with Crippen molar-refractivity contribution in [2.75, 3.05) is 0 Å². The molecule has 0 spiro atoms. The van der Waals surface area contributed by atoms with Gasteiger partial charge < -0.3 is 30.6 Å². The summed E-state index contributed by atoms with van der Waals surface area (Å²) in [5, 5.41) is 75.3. The molecule has 8 aromatic carbocycles. The minimum atomic E-state index is -0.859. The van der Waals surface area contributed by atoms with Crippen molar-refractivity contribution in [2.24, 2.45) is 0 Å². The molecule has 8 bridgehead atoms. The van der Waals surface area contributed by atoms with Crippen molar-refractivity contribution in [1.82, 2.24) is 0 Å². The van der Waals surface area contributed by atoms with Crippen LogP contribution in [0.15, 0.2) is 152 Å². The SMILES string of the molecule is O=Cc1ccc2cc1C(c1ccc(C3CCCCC3)cc1)c1cc(c(O)cc1O)C(c1ccc(C3CCCCC3)cc1)c1cc(c(O)cc1O)C(c1ccc(C3CCCCC3)cc1)c1cc(c(O)cc1O)C2c1ccc(C2CCCCC2)cc1. The number of aromatic hydroxyl groups is 6. The Labute approximate surface area is 495 Å². The normalized spacial score (nSPS) is 21.0. The lowest BCUT2D eigenvalue weighted by Crippen LogP contribution is -2.14. The minimum absolute atomic E-state index is 0.117. The largest absolute Gasteiger partial charge is 0.507 e. The number of phenolic OH excluding ortho intramolecular Hbond substituents is 6. The second-order valence-corrected chi connectivity index (χ2v) is 25.7. The Kier molecular flexibility index (Phi) is 15.9. The number of fused-ring (bicyclic) bond motifs is 8. The van der Waals surface area contributed by atoms with Crippen LogP contribution < -0.4 is 0 Å². The van der Waals surface area contributed by atoms with Crippen LogP contribution in [-0.2, 0) is 0 Å². The monoisotopic (exact) mass is 1120 g/mol. The summed E-state index contributed by atoms with van der Waals surface area (Å²) in [4.78, 5) is 13.8. The van der Waals surface area contributed by atoms with Gasteiger partial charge in [0, 0.05) is 80.8 Å². The van der Waals surface area contributed by atoms with E-state index in [0.717, 1.165) is 85.5 Å². The standard InChI is InChI=1S/C77H80O7/c78-46-60-38-37-59-39-61(60)75(56-31-23-52(24-32-56)48-15-7-2-8-16-48)63-41-65(71(82)44-69(63)80)77(58-35-27-54(28-36-58)50-19-11-4-12-20-50)67-42-66(72(83)45-73(67)84)76(57-33-25-53(26-34-57)49-17-9-3-10-18-49)64-40-62(68(79)43-70(64)81)74(59)55-29-21-51(22-30-55)47-13-5-1-6-14-47/h21-50,74-77,79-84H,1-20H2. The molecule has 7 heteroatoms. The fourth-order valence-electron chi connectivity index (χ4n) is 16.1. The highest BCUT2D eigenvalue weighted by molar-refractivity contribution is 5.80. The summed E-state index contributed by atoms with van der Waals surface area (Å²) >= 11 is 0. The fourth-order valence-corrected chi connectivity index (χ4v) is 16.1. The van der Waals surface area contributed by atoms with Gasteiger partial charge in [-0.15, -0.1) is 0 Å². The van der Waals surface area contributed by atoms with Crippen molar-refractivity contribution in [3.8, 4) is 34.5 Å². The van der Waals surface area contributed by atoms with E-state index in [1.807, 2.05) is 30.3 Å². The maximum Gasteiger partial charge on any atom is 0.150 e. The average molecular weight is 1120 g/mol. The Bertz CT molecular complexity index is 3630. The second kappa shape index (κ2) is 24.1. The third-order valence-electron chi connectivity index (χ3n) is 20.7. The predicted molar refractivity (Wildman–Crippen MR) is 334 cm³/mol. The molecule has 5 aliphatic rings. The first kappa shape index (κ1) is 55.4. The first-order valence-corrected chi connectivity index (χ1v) is 31.7. The van der Waals surface area contributed by atoms with Gasteiger partial charge in [-0.3, -0.25) is 4.79 Å². The quantitative estimate of drug-likeness (QED) is 0.0792. The van der Waals surface area contributed by atoms with Crippen LogP contribution >= 0.6 is 0 Å². The number of hydrogen-bond acceptors (Lipinski definition) is 7. The minimum Gasteiger partial charge on any atom is -0.507 e. The third kappa shape index (κ3) is 10.9. The summed E-state index contributed by atoms with van der Waals surface area (Å²) in [7, 11) is 0. The molecule has 8 aromatic rings. The molecule has 7 nitrogen and oxygen atoms in total. The molecule has 5 aliphatic carbocycles. The van der Waals surface area contributed by atoms with E-state index in [1.165, 1.54) is 118 Å². The van der Waals surface area contributed by atoms with E-state index in [4.69, 9.17) is 0 Å². The number of hydrogen-bond donors (Lipinski definition) is 6. The maximum absolute atomic E-state index is 13.8. The molecule has 0 heterocycles.